The number of likely N-dealkylation sites (tertiary alicyclic amines) is 1. The van der Waals surface area contributed by atoms with Crippen molar-refractivity contribution in [3.63, 3.8) is 0 Å². The zero-order valence-corrected chi connectivity index (χ0v) is 13.0. The van der Waals surface area contributed by atoms with Crippen LogP contribution in [-0.2, 0) is 0 Å². The Labute approximate surface area is 137 Å². The number of hydrogen-bond donors (Lipinski definition) is 2. The molecule has 1 unspecified atom stereocenters. The molecule has 0 radical (unpaired) electrons. The Kier molecular flexibility index (Phi) is 4.32. The molecule has 2 N–H and O–H groups in total. The van der Waals surface area contributed by atoms with Gasteiger partial charge in [-0.05, 0) is 12.8 Å². The minimum atomic E-state index is -0.452. The highest BCUT2D eigenvalue weighted by Gasteiger charge is 2.33. The van der Waals surface area contributed by atoms with Crippen molar-refractivity contribution in [1.82, 2.24) is 30.2 Å². The first-order valence-electron chi connectivity index (χ1n) is 7.50. The quantitative estimate of drug-likeness (QED) is 0.811. The van der Waals surface area contributed by atoms with E-state index >= 15 is 0 Å². The number of carbonyl (C=O) groups excluding carboxylic acids is 2. The maximum Gasteiger partial charge on any atom is 0.274 e. The Hall–Kier alpha value is -3.10. The van der Waals surface area contributed by atoms with Crippen LogP contribution in [0.5, 0.6) is 0 Å². The molecule has 3 heterocycles. The minimum absolute atomic E-state index is 0.0232. The molecule has 0 bridgehead atoms. The van der Waals surface area contributed by atoms with Gasteiger partial charge in [0, 0.05) is 32.1 Å². The van der Waals surface area contributed by atoms with E-state index < -0.39 is 17.5 Å². The summed E-state index contributed by atoms with van der Waals surface area (Å²) in [6, 6.07) is 0.725. The topological polar surface area (TPSA) is 121 Å². The Morgan fingerprint density at radius 1 is 1.33 bits per heavy atom. The molecular weight excluding hydrogens is 312 g/mol. The number of amides is 2. The number of H-pyrrole nitrogens is 1. The number of carbonyl (C=O) groups is 2. The van der Waals surface area contributed by atoms with Crippen LogP contribution in [0, 0.1) is 0 Å². The molecule has 2 aromatic heterocycles. The fourth-order valence-electron chi connectivity index (χ4n) is 2.73. The summed E-state index contributed by atoms with van der Waals surface area (Å²) in [4.78, 5) is 52.5. The lowest BCUT2D eigenvalue weighted by molar-refractivity contribution is 0.0723. The molecule has 1 fully saturated rings. The van der Waals surface area contributed by atoms with E-state index in [4.69, 9.17) is 0 Å². The summed E-state index contributed by atoms with van der Waals surface area (Å²) in [5, 5.41) is 2.43. The Bertz CT molecular complexity index is 819. The molecule has 24 heavy (non-hydrogen) atoms. The van der Waals surface area contributed by atoms with Crippen LogP contribution in [-0.4, -0.2) is 50.2 Å². The number of nitrogens with one attached hydrogen (secondary N) is 2. The maximum absolute atomic E-state index is 12.6. The molecule has 2 aromatic rings. The third kappa shape index (κ3) is 3.00. The monoisotopic (exact) mass is 328 g/mol. The van der Waals surface area contributed by atoms with Crippen LogP contribution < -0.4 is 10.9 Å². The van der Waals surface area contributed by atoms with E-state index in [0.29, 0.717) is 18.8 Å². The number of aromatic nitrogens is 4. The van der Waals surface area contributed by atoms with E-state index in [1.54, 1.807) is 4.90 Å². The summed E-state index contributed by atoms with van der Waals surface area (Å²) in [6.45, 7) is 0.522. The van der Waals surface area contributed by atoms with Gasteiger partial charge in [0.05, 0.1) is 12.2 Å². The molecule has 1 atom stereocenters. The summed E-state index contributed by atoms with van der Waals surface area (Å²) in [5.41, 5.74) is -0.179. The normalized spacial score (nSPS) is 16.9. The molecule has 1 aliphatic heterocycles. The predicted molar refractivity (Wildman–Crippen MR) is 83.3 cm³/mol. The first-order valence-corrected chi connectivity index (χ1v) is 7.50. The summed E-state index contributed by atoms with van der Waals surface area (Å²) >= 11 is 0. The van der Waals surface area contributed by atoms with Gasteiger partial charge in [-0.3, -0.25) is 19.4 Å². The lowest BCUT2D eigenvalue weighted by Crippen LogP contribution is -2.34. The van der Waals surface area contributed by atoms with Gasteiger partial charge in [-0.25, -0.2) is 9.97 Å². The molecular formula is C15H16N6O3. The van der Waals surface area contributed by atoms with Gasteiger partial charge in [0.1, 0.15) is 17.2 Å². The van der Waals surface area contributed by atoms with Gasteiger partial charge in [-0.1, -0.05) is 0 Å². The van der Waals surface area contributed by atoms with Crippen molar-refractivity contribution < 1.29 is 9.59 Å². The van der Waals surface area contributed by atoms with Crippen molar-refractivity contribution in [2.45, 2.75) is 18.9 Å². The van der Waals surface area contributed by atoms with Gasteiger partial charge in [0.15, 0.2) is 0 Å². The Morgan fingerprint density at radius 2 is 2.17 bits per heavy atom. The molecule has 0 spiro atoms. The molecule has 9 nitrogen and oxygen atoms in total. The predicted octanol–water partition coefficient (Wildman–Crippen LogP) is -0.103. The number of nitrogens with zero attached hydrogens (tertiary/aromatic N) is 4. The van der Waals surface area contributed by atoms with Crippen LogP contribution >= 0.6 is 0 Å². The number of aromatic amines is 1. The molecule has 1 aliphatic rings. The van der Waals surface area contributed by atoms with Gasteiger partial charge in [0.2, 0.25) is 0 Å². The van der Waals surface area contributed by atoms with Crippen molar-refractivity contribution in [2.24, 2.45) is 0 Å². The third-order valence-corrected chi connectivity index (χ3v) is 3.83. The van der Waals surface area contributed by atoms with Crippen LogP contribution in [0.25, 0.3) is 0 Å². The van der Waals surface area contributed by atoms with Crippen LogP contribution in [0.15, 0.2) is 29.5 Å². The summed E-state index contributed by atoms with van der Waals surface area (Å²) in [7, 11) is 1.46. The second-order valence-electron chi connectivity index (χ2n) is 5.34. The zero-order valence-electron chi connectivity index (χ0n) is 13.0. The first-order chi connectivity index (χ1) is 11.6. The van der Waals surface area contributed by atoms with Gasteiger partial charge in [-0.2, -0.15) is 0 Å². The Balaban J connectivity index is 1.94. The molecule has 0 aromatic carbocycles. The van der Waals surface area contributed by atoms with Crippen molar-refractivity contribution in [3.8, 4) is 0 Å². The molecule has 0 saturated carbocycles. The fourth-order valence-corrected chi connectivity index (χ4v) is 2.73. The van der Waals surface area contributed by atoms with Crippen molar-refractivity contribution in [2.75, 3.05) is 13.6 Å². The van der Waals surface area contributed by atoms with Crippen molar-refractivity contribution in [3.05, 3.63) is 52.2 Å². The summed E-state index contributed by atoms with van der Waals surface area (Å²) in [6.07, 6.45) is 5.75. The SMILES string of the molecule is CNC(=O)c1cc(=O)[nH]c(C2CCCN2C(=O)c2cnccn2)n1. The smallest absolute Gasteiger partial charge is 0.274 e. The van der Waals surface area contributed by atoms with E-state index in [2.05, 4.69) is 25.3 Å². The van der Waals surface area contributed by atoms with Crippen LogP contribution in [0.4, 0.5) is 0 Å². The van der Waals surface area contributed by atoms with E-state index in [9.17, 15) is 14.4 Å². The average molecular weight is 328 g/mol. The van der Waals surface area contributed by atoms with Crippen LogP contribution in [0.2, 0.25) is 0 Å². The van der Waals surface area contributed by atoms with Gasteiger partial charge in [0.25, 0.3) is 17.4 Å². The molecule has 124 valence electrons. The second-order valence-corrected chi connectivity index (χ2v) is 5.34. The fraction of sp³-hybridized carbons (Fsp3) is 0.333. The highest BCUT2D eigenvalue weighted by Crippen LogP contribution is 2.30. The van der Waals surface area contributed by atoms with Crippen LogP contribution in [0.3, 0.4) is 0 Å². The lowest BCUT2D eigenvalue weighted by atomic mass is 10.2. The zero-order chi connectivity index (χ0) is 17.1. The number of rotatable bonds is 3. The van der Waals surface area contributed by atoms with E-state index in [0.717, 1.165) is 12.5 Å². The molecule has 2 amide bonds. The van der Waals surface area contributed by atoms with E-state index in [-0.39, 0.29) is 17.3 Å². The maximum atomic E-state index is 12.6. The summed E-state index contributed by atoms with van der Waals surface area (Å²) in [5.74, 6) is -0.429. The van der Waals surface area contributed by atoms with Crippen molar-refractivity contribution in [1.29, 1.82) is 0 Å². The highest BCUT2D eigenvalue weighted by molar-refractivity contribution is 5.93. The second kappa shape index (κ2) is 6.57. The Morgan fingerprint density at radius 3 is 2.88 bits per heavy atom. The van der Waals surface area contributed by atoms with E-state index in [1.165, 1.54) is 25.6 Å². The standard InChI is InChI=1S/C15H16N6O3/c1-16-14(23)9-7-12(22)20-13(19-9)11-3-2-6-21(11)15(24)10-8-17-4-5-18-10/h4-5,7-8,11H,2-3,6H2,1H3,(H,16,23)(H,19,20,22). The molecule has 0 aliphatic carbocycles. The third-order valence-electron chi connectivity index (χ3n) is 3.83. The van der Waals surface area contributed by atoms with Crippen molar-refractivity contribution >= 4 is 11.8 Å². The largest absolute Gasteiger partial charge is 0.354 e. The highest BCUT2D eigenvalue weighted by atomic mass is 16.2. The average Bonchev–Trinajstić information content (AvgIpc) is 3.10. The molecule has 3 rings (SSSR count). The van der Waals surface area contributed by atoms with Crippen LogP contribution in [0.1, 0.15) is 45.7 Å². The van der Waals surface area contributed by atoms with Gasteiger partial charge >= 0.3 is 0 Å². The lowest BCUT2D eigenvalue weighted by Gasteiger charge is -2.23. The molecule has 1 saturated heterocycles. The molecule has 9 heteroatoms. The first kappa shape index (κ1) is 15.8. The van der Waals surface area contributed by atoms with Gasteiger partial charge < -0.3 is 15.2 Å². The number of hydrogen-bond acceptors (Lipinski definition) is 6. The summed E-state index contributed by atoms with van der Waals surface area (Å²) < 4.78 is 0. The van der Waals surface area contributed by atoms with Gasteiger partial charge in [-0.15, -0.1) is 0 Å². The van der Waals surface area contributed by atoms with E-state index in [1.807, 2.05) is 0 Å². The minimum Gasteiger partial charge on any atom is -0.354 e.